The number of nitrogens with two attached hydrogens (primary N) is 2. The maximum absolute atomic E-state index is 13.6. The van der Waals surface area contributed by atoms with Crippen LogP contribution in [0.25, 0.3) is 22.1 Å². The van der Waals surface area contributed by atoms with E-state index in [2.05, 4.69) is 26.0 Å². The first kappa shape index (κ1) is 44.7. The molecule has 7 N–H and O–H groups in total. The Morgan fingerprint density at radius 1 is 0.778 bits per heavy atom. The molecule has 19 nitrogen and oxygen atoms in total. The molecule has 3 heterocycles. The zero-order valence-electron chi connectivity index (χ0n) is 36.1. The minimum Gasteiger partial charge on any atom is -0.494 e. The largest absolute Gasteiger partial charge is 0.494 e. The van der Waals surface area contributed by atoms with Gasteiger partial charge >= 0.3 is 6.09 Å². The lowest BCUT2D eigenvalue weighted by atomic mass is 10.1. The number of amides is 4. The summed E-state index contributed by atoms with van der Waals surface area (Å²) < 4.78 is 28.3. The number of aromatic nitrogens is 6. The molecule has 0 saturated carbocycles. The van der Waals surface area contributed by atoms with Gasteiger partial charge in [-0.3, -0.25) is 29.7 Å². The molecule has 0 atom stereocenters. The molecule has 0 spiro atoms. The predicted molar refractivity (Wildman–Crippen MR) is 239 cm³/mol. The summed E-state index contributed by atoms with van der Waals surface area (Å²) in [5.41, 5.74) is 14.7. The molecule has 6 rings (SSSR count). The van der Waals surface area contributed by atoms with Gasteiger partial charge in [-0.15, -0.1) is 0 Å². The van der Waals surface area contributed by atoms with Crippen LogP contribution in [0.15, 0.2) is 78.9 Å². The van der Waals surface area contributed by atoms with Crippen LogP contribution in [0.5, 0.6) is 17.2 Å². The smallest absolute Gasteiger partial charge is 0.412 e. The molecule has 0 aliphatic heterocycles. The number of aryl methyl sites for hydroxylation is 2. The van der Waals surface area contributed by atoms with Crippen molar-refractivity contribution in [2.75, 3.05) is 43.3 Å². The molecule has 3 aromatic carbocycles. The second-order valence-corrected chi connectivity index (χ2v) is 15.1. The summed E-state index contributed by atoms with van der Waals surface area (Å²) in [7, 11) is 3.20. The van der Waals surface area contributed by atoms with Crippen LogP contribution in [0.2, 0.25) is 0 Å². The molecule has 330 valence electrons. The van der Waals surface area contributed by atoms with Crippen molar-refractivity contribution in [3.63, 3.8) is 0 Å². The molecule has 0 fully saturated rings. The first-order valence-corrected chi connectivity index (χ1v) is 20.0. The number of primary amides is 2. The lowest BCUT2D eigenvalue weighted by Crippen LogP contribution is -2.27. The Morgan fingerprint density at radius 2 is 1.38 bits per heavy atom. The number of rotatable bonds is 18. The molecule has 0 aliphatic carbocycles. The molecule has 0 bridgehead atoms. The zero-order chi connectivity index (χ0) is 45.4. The molecule has 4 amide bonds. The third-order valence-corrected chi connectivity index (χ3v) is 9.36. The van der Waals surface area contributed by atoms with Gasteiger partial charge < -0.3 is 44.9 Å². The van der Waals surface area contributed by atoms with Gasteiger partial charge in [0, 0.05) is 49.6 Å². The van der Waals surface area contributed by atoms with Crippen molar-refractivity contribution in [1.29, 1.82) is 0 Å². The monoisotopic (exact) mass is 861 g/mol. The van der Waals surface area contributed by atoms with E-state index in [9.17, 15) is 19.2 Å². The summed E-state index contributed by atoms with van der Waals surface area (Å²) in [5, 5.41) is 13.1. The van der Waals surface area contributed by atoms with Crippen molar-refractivity contribution in [2.45, 2.75) is 59.9 Å². The Morgan fingerprint density at radius 3 is 1.98 bits per heavy atom. The topological polar surface area (TPSA) is 247 Å². The van der Waals surface area contributed by atoms with E-state index in [1.165, 1.54) is 13.2 Å². The molecule has 0 radical (unpaired) electrons. The Bertz CT molecular complexity index is 2740. The molecule has 6 aromatic rings. The van der Waals surface area contributed by atoms with Crippen LogP contribution in [0.4, 0.5) is 22.4 Å². The lowest BCUT2D eigenvalue weighted by Gasteiger charge is -2.19. The lowest BCUT2D eigenvalue weighted by molar-refractivity contribution is 0.0635. The summed E-state index contributed by atoms with van der Waals surface area (Å²) in [6.45, 7) is 10.4. The highest BCUT2D eigenvalue weighted by Gasteiger charge is 2.22. The number of anilines is 3. The first-order chi connectivity index (χ1) is 30.1. The number of carbonyl (C=O) groups is 4. The number of hydrogen-bond acceptors (Lipinski definition) is 12. The molecular weight excluding hydrogens is 811 g/mol. The van der Waals surface area contributed by atoms with E-state index in [1.807, 2.05) is 23.6 Å². The Balaban J connectivity index is 1.21. The van der Waals surface area contributed by atoms with Gasteiger partial charge in [0.1, 0.15) is 52.8 Å². The third kappa shape index (κ3) is 10.7. The summed E-state index contributed by atoms with van der Waals surface area (Å²) in [5.74, 6) is 0.242. The number of nitrogens with one attached hydrogen (secondary N) is 3. The van der Waals surface area contributed by atoms with E-state index < -0.39 is 29.4 Å². The van der Waals surface area contributed by atoms with Crippen molar-refractivity contribution in [3.05, 3.63) is 101 Å². The number of nitrogens with zero attached hydrogens (tertiary/aromatic N) is 6. The average Bonchev–Trinajstić information content (AvgIpc) is 3.91. The predicted octanol–water partition coefficient (Wildman–Crippen LogP) is 6.03. The highest BCUT2D eigenvalue weighted by atomic mass is 16.6. The van der Waals surface area contributed by atoms with Crippen molar-refractivity contribution in [3.8, 4) is 17.2 Å². The normalized spacial score (nSPS) is 11.7. The van der Waals surface area contributed by atoms with Crippen LogP contribution in [0.3, 0.4) is 0 Å². The highest BCUT2D eigenvalue weighted by Crippen LogP contribution is 2.33. The van der Waals surface area contributed by atoms with Crippen LogP contribution < -0.4 is 41.6 Å². The molecule has 3 aromatic heterocycles. The third-order valence-electron chi connectivity index (χ3n) is 9.36. The standard InChI is InChI=1S/C44H51N11O8/c1-8-55-33(20-26(2)52-55)40(58)51-42-50-31-21-27(38(45)56)23-34(60-7)36(31)54(42)17-10-9-16-53-37-32(49-41(53)47-6)22-28(39(46)57)24-35(37)62-19-12-11-18-61-30-15-13-14-29(25-30)48-43(59)63-44(3,4)5/h9-15,20-25H,8,16-19H2,1-7H3,(H2,45,56)(H2,46,57)(H,47,49)(H,48,59)(H,50,51,58)/b10-9+,12-11+. The highest BCUT2D eigenvalue weighted by molar-refractivity contribution is 6.04. The SMILES string of the molecule is CCn1nc(C)cc1C(=O)Nc1nc2cc(C(N)=O)cc(OC)c2n1C/C=C/Cn1c(NC)nc2cc(C(N)=O)cc(OC/C=C/COc3cccc(NC(=O)OC(C)(C)C)c3)c21. The Hall–Kier alpha value is -7.83. The fourth-order valence-corrected chi connectivity index (χ4v) is 6.65. The quantitative estimate of drug-likeness (QED) is 0.0622. The summed E-state index contributed by atoms with van der Waals surface area (Å²) in [6.07, 6.45) is 6.77. The molecule has 0 saturated heterocycles. The van der Waals surface area contributed by atoms with Crippen LogP contribution in [-0.4, -0.2) is 85.7 Å². The number of imidazole rings is 2. The molecular formula is C44H51N11O8. The van der Waals surface area contributed by atoms with Crippen LogP contribution in [0, 0.1) is 6.92 Å². The van der Waals surface area contributed by atoms with Gasteiger partial charge in [-0.1, -0.05) is 18.2 Å². The summed E-state index contributed by atoms with van der Waals surface area (Å²) in [4.78, 5) is 59.7. The fourth-order valence-electron chi connectivity index (χ4n) is 6.65. The molecule has 0 aliphatic rings. The van der Waals surface area contributed by atoms with E-state index in [4.69, 9.17) is 35.4 Å². The second-order valence-electron chi connectivity index (χ2n) is 15.1. The van der Waals surface area contributed by atoms with E-state index in [1.54, 1.807) is 105 Å². The van der Waals surface area contributed by atoms with Crippen LogP contribution in [-0.2, 0) is 24.4 Å². The maximum Gasteiger partial charge on any atom is 0.412 e. The number of benzene rings is 3. The van der Waals surface area contributed by atoms with Gasteiger partial charge in [0.05, 0.1) is 23.8 Å². The number of carbonyl (C=O) groups excluding carboxylic acids is 4. The first-order valence-electron chi connectivity index (χ1n) is 20.0. The van der Waals surface area contributed by atoms with Gasteiger partial charge in [0.2, 0.25) is 23.7 Å². The van der Waals surface area contributed by atoms with Gasteiger partial charge in [-0.05, 0) is 89.2 Å². The van der Waals surface area contributed by atoms with E-state index in [0.29, 0.717) is 75.4 Å². The van der Waals surface area contributed by atoms with Crippen LogP contribution in [0.1, 0.15) is 64.6 Å². The Labute approximate surface area is 363 Å². The van der Waals surface area contributed by atoms with E-state index in [0.717, 1.165) is 0 Å². The van der Waals surface area contributed by atoms with Gasteiger partial charge in [0.25, 0.3) is 5.91 Å². The van der Waals surface area contributed by atoms with Crippen molar-refractivity contribution in [2.24, 2.45) is 11.5 Å². The zero-order valence-corrected chi connectivity index (χ0v) is 36.1. The second kappa shape index (κ2) is 19.3. The van der Waals surface area contributed by atoms with Crippen molar-refractivity contribution in [1.82, 2.24) is 28.9 Å². The number of ether oxygens (including phenoxy) is 4. The van der Waals surface area contributed by atoms with Gasteiger partial charge in [0.15, 0.2) is 0 Å². The maximum atomic E-state index is 13.6. The average molecular weight is 862 g/mol. The fraction of sp³-hybridized carbons (Fsp3) is 0.295. The number of hydrogen-bond donors (Lipinski definition) is 5. The van der Waals surface area contributed by atoms with Crippen molar-refractivity contribution < 1.29 is 38.1 Å². The van der Waals surface area contributed by atoms with E-state index in [-0.39, 0.29) is 36.8 Å². The van der Waals surface area contributed by atoms with Gasteiger partial charge in [-0.2, -0.15) is 5.10 Å². The van der Waals surface area contributed by atoms with Gasteiger partial charge in [-0.25, -0.2) is 14.8 Å². The summed E-state index contributed by atoms with van der Waals surface area (Å²) >= 11 is 0. The number of allylic oxidation sites excluding steroid dienone is 2. The van der Waals surface area contributed by atoms with Crippen LogP contribution >= 0.6 is 0 Å². The molecule has 63 heavy (non-hydrogen) atoms. The van der Waals surface area contributed by atoms with Crippen molar-refractivity contribution >= 4 is 63.5 Å². The molecule has 0 unspecified atom stereocenters. The van der Waals surface area contributed by atoms with E-state index >= 15 is 0 Å². The Kier molecular flexibility index (Phi) is 13.7. The number of fused-ring (bicyclic) bond motifs is 2. The molecule has 19 heteroatoms. The summed E-state index contributed by atoms with van der Waals surface area (Å²) in [6, 6.07) is 14.9. The minimum absolute atomic E-state index is 0.122. The minimum atomic E-state index is -0.657. The number of methoxy groups -OCH3 is 1.